The molecule has 8 heteroatoms. The molecule has 0 unspecified atom stereocenters. The quantitative estimate of drug-likeness (QED) is 0.583. The summed E-state index contributed by atoms with van der Waals surface area (Å²) in [6.45, 7) is 0. The summed E-state index contributed by atoms with van der Waals surface area (Å²) in [5.41, 5.74) is 0. The molecule has 0 aromatic carbocycles. The van der Waals surface area contributed by atoms with Gasteiger partial charge in [-0.25, -0.2) is 9.97 Å². The molecule has 0 aliphatic heterocycles. The van der Waals surface area contributed by atoms with Crippen molar-refractivity contribution in [2.45, 2.75) is 0 Å². The zero-order chi connectivity index (χ0) is 9.03. The van der Waals surface area contributed by atoms with Crippen molar-refractivity contribution in [3.63, 3.8) is 0 Å². The van der Waals surface area contributed by atoms with Gasteiger partial charge in [-0.1, -0.05) is 11.7 Å². The van der Waals surface area contributed by atoms with E-state index in [2.05, 4.69) is 26.4 Å². The summed E-state index contributed by atoms with van der Waals surface area (Å²) >= 11 is 3.55. The van der Waals surface area contributed by atoms with Gasteiger partial charge in [-0.3, -0.25) is 4.72 Å². The molecule has 1 aromatic rings. The van der Waals surface area contributed by atoms with Crippen LogP contribution in [0.1, 0.15) is 0 Å². The third-order valence-electron chi connectivity index (χ3n) is 0.910. The molecule has 0 saturated heterocycles. The van der Waals surface area contributed by atoms with E-state index in [1.165, 1.54) is 18.6 Å². The first-order valence-corrected chi connectivity index (χ1v) is 6.63. The highest BCUT2D eigenvalue weighted by atomic mass is 33.5. The van der Waals surface area contributed by atoms with Gasteiger partial charge in [-0.2, -0.15) is 8.42 Å². The van der Waals surface area contributed by atoms with Crippen molar-refractivity contribution in [2.24, 2.45) is 0 Å². The molecular formula is C4H5N3O2S3. The first-order chi connectivity index (χ1) is 5.64. The average Bonchev–Trinajstić information content (AvgIpc) is 2.06. The van der Waals surface area contributed by atoms with Crippen molar-refractivity contribution >= 4 is 36.4 Å². The Morgan fingerprint density at radius 3 is 2.83 bits per heavy atom. The van der Waals surface area contributed by atoms with Gasteiger partial charge < -0.3 is 0 Å². The number of hydrogen-bond acceptors (Lipinski definition) is 6. The number of rotatable bonds is 3. The Bertz CT molecular complexity index is 338. The lowest BCUT2D eigenvalue weighted by molar-refractivity contribution is 0.615. The van der Waals surface area contributed by atoms with Crippen LogP contribution in [-0.2, 0) is 9.06 Å². The molecule has 0 atom stereocenters. The molecule has 1 heterocycles. The zero-order valence-electron chi connectivity index (χ0n) is 5.71. The van der Waals surface area contributed by atoms with Crippen LogP contribution in [0.4, 0.5) is 5.82 Å². The Balaban J connectivity index is 2.78. The highest BCUT2D eigenvalue weighted by molar-refractivity contribution is 9.02. The topological polar surface area (TPSA) is 72.0 Å². The van der Waals surface area contributed by atoms with Crippen LogP contribution in [-0.4, -0.2) is 18.4 Å². The van der Waals surface area contributed by atoms with E-state index < -0.39 is 9.06 Å². The molecule has 0 aliphatic rings. The predicted molar refractivity (Wildman–Crippen MR) is 51.2 cm³/mol. The van der Waals surface area contributed by atoms with Crippen LogP contribution >= 0.6 is 21.5 Å². The maximum absolute atomic E-state index is 10.9. The minimum atomic E-state index is -3.43. The highest BCUT2D eigenvalue weighted by Crippen LogP contribution is 2.17. The van der Waals surface area contributed by atoms with Gasteiger partial charge in [-0.15, -0.1) is 0 Å². The summed E-state index contributed by atoms with van der Waals surface area (Å²) in [7, 11) is -3.01. The Hall–Kier alpha value is -0.470. The van der Waals surface area contributed by atoms with Crippen LogP contribution in [0.5, 0.6) is 0 Å². The molecule has 1 rings (SSSR count). The summed E-state index contributed by atoms with van der Waals surface area (Å²) in [6, 6.07) is 1.45. The van der Waals surface area contributed by atoms with Gasteiger partial charge in [0.25, 0.3) is 9.06 Å². The lowest BCUT2D eigenvalue weighted by Crippen LogP contribution is -2.07. The minimum Gasteiger partial charge on any atom is -0.258 e. The van der Waals surface area contributed by atoms with Crippen molar-refractivity contribution in [3.8, 4) is 0 Å². The monoisotopic (exact) mass is 223 g/mol. The number of nitrogens with zero attached hydrogens (tertiary/aromatic N) is 2. The average molecular weight is 223 g/mol. The van der Waals surface area contributed by atoms with Crippen molar-refractivity contribution in [1.29, 1.82) is 0 Å². The number of nitrogens with one attached hydrogen (secondary N) is 1. The summed E-state index contributed by atoms with van der Waals surface area (Å²) in [6.07, 6.45) is 2.69. The maximum Gasteiger partial charge on any atom is 0.297 e. The second-order valence-electron chi connectivity index (χ2n) is 1.73. The van der Waals surface area contributed by atoms with Gasteiger partial charge in [0.2, 0.25) is 0 Å². The van der Waals surface area contributed by atoms with Gasteiger partial charge in [0.15, 0.2) is 0 Å². The molecule has 0 fully saturated rings. The van der Waals surface area contributed by atoms with Crippen molar-refractivity contribution in [2.75, 3.05) is 4.72 Å². The van der Waals surface area contributed by atoms with E-state index in [-0.39, 0.29) is 5.82 Å². The zero-order valence-corrected chi connectivity index (χ0v) is 8.23. The lowest BCUT2D eigenvalue weighted by Gasteiger charge is -2.01. The van der Waals surface area contributed by atoms with Gasteiger partial charge >= 0.3 is 0 Å². The molecule has 0 spiro atoms. The molecule has 12 heavy (non-hydrogen) atoms. The largest absolute Gasteiger partial charge is 0.297 e. The number of thiol groups is 1. The second-order valence-corrected chi connectivity index (χ2v) is 6.09. The molecule has 66 valence electrons. The predicted octanol–water partition coefficient (Wildman–Crippen LogP) is 0.711. The normalized spacial score (nSPS) is 11.1. The fraction of sp³-hybridized carbons (Fsp3) is 0. The minimum absolute atomic E-state index is 0.228. The van der Waals surface area contributed by atoms with Gasteiger partial charge in [0.05, 0.1) is 9.83 Å². The summed E-state index contributed by atoms with van der Waals surface area (Å²) in [4.78, 5) is 7.29. The number of aromatic nitrogens is 2. The SMILES string of the molecule is O=S(=O)(Nc1ccncn1)SS. The fourth-order valence-corrected chi connectivity index (χ4v) is 1.62. The molecule has 0 radical (unpaired) electrons. The number of hydrogen-bond donors (Lipinski definition) is 2. The summed E-state index contributed by atoms with van der Waals surface area (Å²) < 4.78 is 23.9. The van der Waals surface area contributed by atoms with Crippen LogP contribution in [0.2, 0.25) is 0 Å². The van der Waals surface area contributed by atoms with Crippen LogP contribution in [0.25, 0.3) is 0 Å². The molecule has 0 saturated carbocycles. The molecule has 0 bridgehead atoms. The van der Waals surface area contributed by atoms with Crippen LogP contribution < -0.4 is 4.72 Å². The number of anilines is 1. The van der Waals surface area contributed by atoms with Gasteiger partial charge in [-0.05, 0) is 6.07 Å². The van der Waals surface area contributed by atoms with Crippen LogP contribution in [0, 0.1) is 0 Å². The lowest BCUT2D eigenvalue weighted by atomic mass is 10.6. The summed E-state index contributed by atoms with van der Waals surface area (Å²) in [5, 5.41) is 0. The smallest absolute Gasteiger partial charge is 0.258 e. The maximum atomic E-state index is 10.9. The molecule has 1 aromatic heterocycles. The van der Waals surface area contributed by atoms with Gasteiger partial charge in [0.1, 0.15) is 12.1 Å². The van der Waals surface area contributed by atoms with E-state index in [1.54, 1.807) is 0 Å². The van der Waals surface area contributed by atoms with E-state index in [4.69, 9.17) is 0 Å². The third kappa shape index (κ3) is 2.88. The third-order valence-corrected chi connectivity index (χ3v) is 4.17. The van der Waals surface area contributed by atoms with Crippen LogP contribution in [0.3, 0.4) is 0 Å². The van der Waals surface area contributed by atoms with Crippen molar-refractivity contribution < 1.29 is 8.42 Å². The highest BCUT2D eigenvalue weighted by Gasteiger charge is 2.08. The van der Waals surface area contributed by atoms with Crippen molar-refractivity contribution in [1.82, 2.24) is 9.97 Å². The van der Waals surface area contributed by atoms with E-state index >= 15 is 0 Å². The van der Waals surface area contributed by atoms with E-state index in [9.17, 15) is 8.42 Å². The first kappa shape index (κ1) is 9.62. The van der Waals surface area contributed by atoms with E-state index in [0.29, 0.717) is 9.83 Å². The Labute approximate surface area is 78.3 Å². The Kier molecular flexibility index (Phi) is 3.18. The van der Waals surface area contributed by atoms with Crippen LogP contribution in [0.15, 0.2) is 18.6 Å². The molecule has 0 aliphatic carbocycles. The first-order valence-electron chi connectivity index (χ1n) is 2.76. The van der Waals surface area contributed by atoms with E-state index in [1.807, 2.05) is 0 Å². The van der Waals surface area contributed by atoms with Crippen molar-refractivity contribution in [3.05, 3.63) is 18.6 Å². The van der Waals surface area contributed by atoms with E-state index in [0.717, 1.165) is 0 Å². The van der Waals surface area contributed by atoms with Gasteiger partial charge in [0, 0.05) is 6.20 Å². The molecule has 5 nitrogen and oxygen atoms in total. The Morgan fingerprint density at radius 2 is 2.33 bits per heavy atom. The second kappa shape index (κ2) is 3.97. The fourth-order valence-electron chi connectivity index (χ4n) is 0.498. The molecular weight excluding hydrogens is 218 g/mol. The standard InChI is InChI=1S/C4H5N3O2S3/c8-12(9,11-10)7-4-1-2-5-3-6-4/h1-3,10H,(H,5,6,7). The molecule has 0 amide bonds. The molecule has 1 N–H and O–H groups in total. The summed E-state index contributed by atoms with van der Waals surface area (Å²) in [5.74, 6) is 0.228. The Morgan fingerprint density at radius 1 is 1.58 bits per heavy atom.